The molecule has 1 fully saturated rings. The molecule has 0 aromatic heterocycles. The number of carbonyl (C=O) groups is 1. The Hall–Kier alpha value is -2.89. The minimum Gasteiger partial charge on any atom is -0.382 e. The highest BCUT2D eigenvalue weighted by Crippen LogP contribution is 2.32. The van der Waals surface area contributed by atoms with Crippen LogP contribution in [0, 0.1) is 17.0 Å². The van der Waals surface area contributed by atoms with Gasteiger partial charge in [0.05, 0.1) is 4.92 Å². The van der Waals surface area contributed by atoms with Gasteiger partial charge in [0.1, 0.15) is 5.69 Å². The van der Waals surface area contributed by atoms with Crippen molar-refractivity contribution in [2.45, 2.75) is 32.7 Å². The van der Waals surface area contributed by atoms with E-state index in [2.05, 4.69) is 30.4 Å². The van der Waals surface area contributed by atoms with Crippen LogP contribution in [0.25, 0.3) is 0 Å². The van der Waals surface area contributed by atoms with Crippen molar-refractivity contribution in [1.82, 2.24) is 0 Å². The van der Waals surface area contributed by atoms with Crippen molar-refractivity contribution in [2.75, 3.05) is 23.3 Å². The van der Waals surface area contributed by atoms with Crippen LogP contribution in [0.2, 0.25) is 0 Å². The highest BCUT2D eigenvalue weighted by atomic mass is 16.6. The van der Waals surface area contributed by atoms with Crippen molar-refractivity contribution in [3.63, 3.8) is 0 Å². The summed E-state index contributed by atoms with van der Waals surface area (Å²) in [5.74, 6) is -0.166. The van der Waals surface area contributed by atoms with Crippen molar-refractivity contribution < 1.29 is 9.72 Å². The van der Waals surface area contributed by atoms with Crippen LogP contribution in [0.15, 0.2) is 42.5 Å². The van der Waals surface area contributed by atoms with E-state index in [1.165, 1.54) is 18.6 Å². The first-order valence-corrected chi connectivity index (χ1v) is 8.81. The van der Waals surface area contributed by atoms with E-state index in [0.717, 1.165) is 31.6 Å². The van der Waals surface area contributed by atoms with E-state index in [9.17, 15) is 14.9 Å². The number of nitrogens with zero attached hydrogens (tertiary/aromatic N) is 2. The molecule has 0 saturated carbocycles. The smallest absolute Gasteiger partial charge is 0.293 e. The van der Waals surface area contributed by atoms with Crippen molar-refractivity contribution in [3.05, 3.63) is 63.7 Å². The number of ketones is 1. The fourth-order valence-corrected chi connectivity index (χ4v) is 3.39. The molecule has 1 aliphatic heterocycles. The molecular formula is C20H23N3O3. The van der Waals surface area contributed by atoms with E-state index in [4.69, 9.17) is 0 Å². The lowest BCUT2D eigenvalue weighted by atomic mass is 10.0. The Morgan fingerprint density at radius 1 is 1.19 bits per heavy atom. The standard InChI is InChI=1S/C20H23N3O3/c1-14-4-3-5-18(12-14)21-17-8-10-22(11-9-17)19-7-6-16(15(2)24)13-20(19)23(25)26/h3-7,12-13,17,21H,8-11H2,1-2H3. The van der Waals surface area contributed by atoms with Crippen LogP contribution < -0.4 is 10.2 Å². The fraction of sp³-hybridized carbons (Fsp3) is 0.350. The molecule has 1 N–H and O–H groups in total. The first kappa shape index (κ1) is 17.9. The van der Waals surface area contributed by atoms with Crippen LogP contribution in [-0.4, -0.2) is 29.8 Å². The Morgan fingerprint density at radius 3 is 2.54 bits per heavy atom. The molecule has 0 spiro atoms. The molecule has 136 valence electrons. The van der Waals surface area contributed by atoms with Gasteiger partial charge in [0.2, 0.25) is 0 Å². The van der Waals surface area contributed by atoms with Crippen molar-refractivity contribution >= 4 is 22.8 Å². The van der Waals surface area contributed by atoms with E-state index < -0.39 is 4.92 Å². The van der Waals surface area contributed by atoms with Crippen molar-refractivity contribution in [2.24, 2.45) is 0 Å². The normalized spacial score (nSPS) is 14.9. The van der Waals surface area contributed by atoms with E-state index in [0.29, 0.717) is 17.3 Å². The van der Waals surface area contributed by atoms with Crippen LogP contribution in [0.1, 0.15) is 35.7 Å². The van der Waals surface area contributed by atoms with Gasteiger partial charge in [-0.05, 0) is 56.5 Å². The SMILES string of the molecule is CC(=O)c1ccc(N2CCC(Nc3cccc(C)c3)CC2)c([N+](=O)[O-])c1. The van der Waals surface area contributed by atoms with Crippen molar-refractivity contribution in [3.8, 4) is 0 Å². The molecule has 0 radical (unpaired) electrons. The minimum atomic E-state index is -0.404. The molecule has 0 bridgehead atoms. The zero-order valence-corrected chi connectivity index (χ0v) is 15.1. The summed E-state index contributed by atoms with van der Waals surface area (Å²) in [6.45, 7) is 4.96. The summed E-state index contributed by atoms with van der Waals surface area (Å²) >= 11 is 0. The topological polar surface area (TPSA) is 75.5 Å². The lowest BCUT2D eigenvalue weighted by molar-refractivity contribution is -0.384. The Bertz CT molecular complexity index is 827. The maximum absolute atomic E-state index is 11.5. The summed E-state index contributed by atoms with van der Waals surface area (Å²) in [6.07, 6.45) is 1.80. The third kappa shape index (κ3) is 4.02. The lowest BCUT2D eigenvalue weighted by Gasteiger charge is -2.34. The zero-order valence-electron chi connectivity index (χ0n) is 15.1. The van der Waals surface area contributed by atoms with E-state index in [-0.39, 0.29) is 11.5 Å². The molecule has 1 heterocycles. The average molecular weight is 353 g/mol. The summed E-state index contributed by atoms with van der Waals surface area (Å²) in [6, 6.07) is 13.4. The molecule has 6 nitrogen and oxygen atoms in total. The summed E-state index contributed by atoms with van der Waals surface area (Å²) in [5.41, 5.74) is 3.29. The second-order valence-electron chi connectivity index (χ2n) is 6.79. The van der Waals surface area contributed by atoms with Gasteiger partial charge in [-0.3, -0.25) is 14.9 Å². The van der Waals surface area contributed by atoms with E-state index >= 15 is 0 Å². The average Bonchev–Trinajstić information content (AvgIpc) is 2.62. The van der Waals surface area contributed by atoms with Crippen LogP contribution in [-0.2, 0) is 0 Å². The number of carbonyl (C=O) groups excluding carboxylic acids is 1. The molecule has 2 aromatic carbocycles. The van der Waals surface area contributed by atoms with Gasteiger partial charge >= 0.3 is 0 Å². The second kappa shape index (κ2) is 7.56. The molecule has 6 heteroatoms. The zero-order chi connectivity index (χ0) is 18.7. The van der Waals surface area contributed by atoms with Gasteiger partial charge < -0.3 is 10.2 Å². The first-order valence-electron chi connectivity index (χ1n) is 8.81. The summed E-state index contributed by atoms with van der Waals surface area (Å²) in [4.78, 5) is 24.6. The third-order valence-corrected chi connectivity index (χ3v) is 4.80. The Labute approximate surface area is 153 Å². The summed E-state index contributed by atoms with van der Waals surface area (Å²) in [7, 11) is 0. The molecule has 3 rings (SSSR count). The number of nitro groups is 1. The number of nitro benzene ring substituents is 1. The van der Waals surface area contributed by atoms with Crippen LogP contribution in [0.4, 0.5) is 17.1 Å². The number of Topliss-reactive ketones (excluding diaryl/α,β-unsaturated/α-hetero) is 1. The minimum absolute atomic E-state index is 0.00259. The molecule has 26 heavy (non-hydrogen) atoms. The predicted octanol–water partition coefficient (Wildman–Crippen LogP) is 4.19. The predicted molar refractivity (Wildman–Crippen MR) is 103 cm³/mol. The maximum atomic E-state index is 11.5. The number of hydrogen-bond donors (Lipinski definition) is 1. The molecule has 0 aliphatic carbocycles. The summed E-state index contributed by atoms with van der Waals surface area (Å²) < 4.78 is 0. The Balaban J connectivity index is 1.69. The number of aryl methyl sites for hydroxylation is 1. The van der Waals surface area contributed by atoms with Gasteiger partial charge in [-0.2, -0.15) is 0 Å². The number of anilines is 2. The molecule has 1 saturated heterocycles. The molecule has 0 amide bonds. The van der Waals surface area contributed by atoms with Crippen LogP contribution in [0.3, 0.4) is 0 Å². The largest absolute Gasteiger partial charge is 0.382 e. The highest BCUT2D eigenvalue weighted by Gasteiger charge is 2.25. The van der Waals surface area contributed by atoms with Crippen molar-refractivity contribution in [1.29, 1.82) is 0 Å². The Morgan fingerprint density at radius 2 is 1.92 bits per heavy atom. The van der Waals surface area contributed by atoms with Gasteiger partial charge in [0, 0.05) is 36.4 Å². The monoisotopic (exact) mass is 353 g/mol. The van der Waals surface area contributed by atoms with Gasteiger partial charge in [0.15, 0.2) is 5.78 Å². The highest BCUT2D eigenvalue weighted by molar-refractivity contribution is 5.95. The number of rotatable bonds is 5. The van der Waals surface area contributed by atoms with E-state index in [1.807, 2.05) is 11.0 Å². The van der Waals surface area contributed by atoms with Crippen LogP contribution >= 0.6 is 0 Å². The maximum Gasteiger partial charge on any atom is 0.293 e. The van der Waals surface area contributed by atoms with Gasteiger partial charge in [-0.25, -0.2) is 0 Å². The fourth-order valence-electron chi connectivity index (χ4n) is 3.39. The Kier molecular flexibility index (Phi) is 5.21. The summed E-state index contributed by atoms with van der Waals surface area (Å²) in [5, 5.41) is 15.0. The van der Waals surface area contributed by atoms with E-state index in [1.54, 1.807) is 12.1 Å². The second-order valence-corrected chi connectivity index (χ2v) is 6.79. The first-order chi connectivity index (χ1) is 12.4. The number of hydrogen-bond acceptors (Lipinski definition) is 5. The molecule has 0 unspecified atom stereocenters. The van der Waals surface area contributed by atoms with Gasteiger partial charge in [0.25, 0.3) is 5.69 Å². The molecule has 1 aliphatic rings. The molecule has 2 aromatic rings. The number of nitrogens with one attached hydrogen (secondary N) is 1. The van der Waals surface area contributed by atoms with Crippen LogP contribution in [0.5, 0.6) is 0 Å². The lowest BCUT2D eigenvalue weighted by Crippen LogP contribution is -2.39. The molecule has 0 atom stereocenters. The van der Waals surface area contributed by atoms with Gasteiger partial charge in [-0.1, -0.05) is 12.1 Å². The molecular weight excluding hydrogens is 330 g/mol. The quantitative estimate of drug-likeness (QED) is 0.496. The third-order valence-electron chi connectivity index (χ3n) is 4.80. The number of piperidine rings is 1. The van der Waals surface area contributed by atoms with Gasteiger partial charge in [-0.15, -0.1) is 0 Å². The number of benzene rings is 2.